The highest BCUT2D eigenvalue weighted by Gasteiger charge is 2.37. The maximum Gasteiger partial charge on any atom is 0.118 e. The van der Waals surface area contributed by atoms with E-state index in [2.05, 4.69) is 4.74 Å². The summed E-state index contributed by atoms with van der Waals surface area (Å²) in [7, 11) is 0. The van der Waals surface area contributed by atoms with E-state index in [-0.39, 0.29) is 6.61 Å². The molecule has 11 heavy (non-hydrogen) atoms. The number of aliphatic hydroxyl groups excluding tert-OH is 3. The molecule has 1 fully saturated rings. The van der Waals surface area contributed by atoms with Crippen molar-refractivity contribution < 1.29 is 24.4 Å². The van der Waals surface area contributed by atoms with Gasteiger partial charge in [-0.3, -0.25) is 0 Å². The van der Waals surface area contributed by atoms with E-state index in [0.29, 0.717) is 0 Å². The van der Waals surface area contributed by atoms with Gasteiger partial charge in [0, 0.05) is 0 Å². The summed E-state index contributed by atoms with van der Waals surface area (Å²) in [6.45, 7) is -0.988. The minimum Gasteiger partial charge on any atom is -0.388 e. The van der Waals surface area contributed by atoms with E-state index >= 15 is 0 Å². The Morgan fingerprint density at radius 3 is 2.45 bits per heavy atom. The first-order valence-electron chi connectivity index (χ1n) is 3.38. The first kappa shape index (κ1) is 8.86. The highest BCUT2D eigenvalue weighted by atomic mass is 19.1. The molecule has 4 atom stereocenters. The average Bonchev–Trinajstić information content (AvgIpc) is 2.01. The molecular formula is C6H11FO4. The van der Waals surface area contributed by atoms with Crippen LogP contribution < -0.4 is 0 Å². The standard InChI is InChI=1S/C6H11FO4/c7-1-4-6(10)5(9)3(8)2-11-4/h3-6,8-10H,1-2H2/t3-,4+,5-,6+/m0/s1. The molecule has 0 aromatic heterocycles. The molecule has 4 nitrogen and oxygen atoms in total. The Bertz CT molecular complexity index is 130. The van der Waals surface area contributed by atoms with Crippen LogP contribution in [-0.2, 0) is 4.74 Å². The van der Waals surface area contributed by atoms with Gasteiger partial charge in [0.2, 0.25) is 0 Å². The predicted molar refractivity (Wildman–Crippen MR) is 33.7 cm³/mol. The molecule has 1 aliphatic heterocycles. The molecule has 1 heterocycles. The van der Waals surface area contributed by atoms with Gasteiger partial charge in [-0.2, -0.15) is 0 Å². The SMILES string of the molecule is O[C@@H]1[C@H](O)[C@@H](CF)OC[C@@H]1O. The van der Waals surface area contributed by atoms with Crippen molar-refractivity contribution in [2.75, 3.05) is 13.3 Å². The van der Waals surface area contributed by atoms with Crippen LogP contribution in [0.2, 0.25) is 0 Å². The highest BCUT2D eigenvalue weighted by Crippen LogP contribution is 2.15. The Hall–Kier alpha value is -0.230. The third kappa shape index (κ3) is 1.67. The second-order valence-electron chi connectivity index (χ2n) is 2.57. The smallest absolute Gasteiger partial charge is 0.118 e. The van der Waals surface area contributed by atoms with Crippen LogP contribution in [0.3, 0.4) is 0 Å². The van der Waals surface area contributed by atoms with Gasteiger partial charge >= 0.3 is 0 Å². The lowest BCUT2D eigenvalue weighted by molar-refractivity contribution is -0.190. The van der Waals surface area contributed by atoms with Crippen molar-refractivity contribution in [2.24, 2.45) is 0 Å². The first-order valence-corrected chi connectivity index (χ1v) is 3.38. The number of hydrogen-bond donors (Lipinski definition) is 3. The molecule has 66 valence electrons. The van der Waals surface area contributed by atoms with Crippen LogP contribution in [0.5, 0.6) is 0 Å². The summed E-state index contributed by atoms with van der Waals surface area (Å²) in [6, 6.07) is 0. The Kier molecular flexibility index (Phi) is 2.78. The van der Waals surface area contributed by atoms with Crippen LogP contribution in [0.15, 0.2) is 0 Å². The van der Waals surface area contributed by atoms with Gasteiger partial charge in [-0.25, -0.2) is 4.39 Å². The van der Waals surface area contributed by atoms with Crippen LogP contribution in [0.25, 0.3) is 0 Å². The van der Waals surface area contributed by atoms with Crippen molar-refractivity contribution >= 4 is 0 Å². The molecule has 0 saturated carbocycles. The number of rotatable bonds is 1. The molecule has 5 heteroatoms. The van der Waals surface area contributed by atoms with Crippen molar-refractivity contribution in [2.45, 2.75) is 24.4 Å². The maximum atomic E-state index is 12.0. The molecule has 1 rings (SSSR count). The second-order valence-corrected chi connectivity index (χ2v) is 2.57. The normalized spacial score (nSPS) is 45.8. The second kappa shape index (κ2) is 3.44. The van der Waals surface area contributed by atoms with Gasteiger partial charge in [0.1, 0.15) is 31.1 Å². The minimum atomic E-state index is -1.33. The fourth-order valence-electron chi connectivity index (χ4n) is 1.00. The fourth-order valence-corrected chi connectivity index (χ4v) is 1.00. The molecule has 0 aliphatic carbocycles. The molecule has 1 saturated heterocycles. The summed E-state index contributed by atoms with van der Waals surface area (Å²) in [5, 5.41) is 26.9. The summed E-state index contributed by atoms with van der Waals surface area (Å²) < 4.78 is 16.6. The molecule has 0 spiro atoms. The van der Waals surface area contributed by atoms with E-state index in [4.69, 9.17) is 15.3 Å². The summed E-state index contributed by atoms with van der Waals surface area (Å²) in [5.74, 6) is 0. The van der Waals surface area contributed by atoms with Crippen molar-refractivity contribution in [3.05, 3.63) is 0 Å². The molecule has 3 N–H and O–H groups in total. The molecule has 0 amide bonds. The summed E-state index contributed by atoms with van der Waals surface area (Å²) >= 11 is 0. The molecule has 0 aromatic rings. The maximum absolute atomic E-state index is 12.0. The van der Waals surface area contributed by atoms with Gasteiger partial charge < -0.3 is 20.1 Å². The zero-order valence-corrected chi connectivity index (χ0v) is 5.85. The third-order valence-corrected chi connectivity index (χ3v) is 1.76. The Morgan fingerprint density at radius 1 is 1.27 bits per heavy atom. The van der Waals surface area contributed by atoms with Crippen molar-refractivity contribution in [3.63, 3.8) is 0 Å². The van der Waals surface area contributed by atoms with E-state index in [1.165, 1.54) is 0 Å². The van der Waals surface area contributed by atoms with Crippen LogP contribution in [0.4, 0.5) is 4.39 Å². The quantitative estimate of drug-likeness (QED) is 0.440. The van der Waals surface area contributed by atoms with Crippen LogP contribution in [-0.4, -0.2) is 53.0 Å². The lowest BCUT2D eigenvalue weighted by Gasteiger charge is -2.33. The lowest BCUT2D eigenvalue weighted by Crippen LogP contribution is -2.53. The third-order valence-electron chi connectivity index (χ3n) is 1.76. The van der Waals surface area contributed by atoms with Crippen LogP contribution in [0, 0.1) is 0 Å². The van der Waals surface area contributed by atoms with Gasteiger partial charge in [0.05, 0.1) is 6.61 Å². The van der Waals surface area contributed by atoms with Crippen molar-refractivity contribution in [3.8, 4) is 0 Å². The Morgan fingerprint density at radius 2 is 1.91 bits per heavy atom. The summed E-state index contributed by atoms with van der Waals surface area (Å²) in [4.78, 5) is 0. The minimum absolute atomic E-state index is 0.132. The molecule has 0 bridgehead atoms. The van der Waals surface area contributed by atoms with Gasteiger partial charge in [-0.05, 0) is 0 Å². The molecule has 0 radical (unpaired) electrons. The van der Waals surface area contributed by atoms with Crippen LogP contribution >= 0.6 is 0 Å². The van der Waals surface area contributed by atoms with E-state index in [9.17, 15) is 4.39 Å². The molecular weight excluding hydrogens is 155 g/mol. The van der Waals surface area contributed by atoms with Crippen molar-refractivity contribution in [1.29, 1.82) is 0 Å². The van der Waals surface area contributed by atoms with Gasteiger partial charge in [0.15, 0.2) is 0 Å². The Balaban J connectivity index is 2.52. The van der Waals surface area contributed by atoms with E-state index in [1.807, 2.05) is 0 Å². The molecule has 0 unspecified atom stereocenters. The monoisotopic (exact) mass is 166 g/mol. The topological polar surface area (TPSA) is 69.9 Å². The fraction of sp³-hybridized carbons (Fsp3) is 1.00. The number of ether oxygens (including phenoxy) is 1. The molecule has 1 aliphatic rings. The largest absolute Gasteiger partial charge is 0.388 e. The lowest BCUT2D eigenvalue weighted by atomic mass is 10.0. The number of alkyl halides is 1. The number of hydrogen-bond acceptors (Lipinski definition) is 4. The first-order chi connectivity index (χ1) is 5.16. The molecule has 0 aromatic carbocycles. The average molecular weight is 166 g/mol. The van der Waals surface area contributed by atoms with Gasteiger partial charge in [-0.15, -0.1) is 0 Å². The summed E-state index contributed by atoms with van der Waals surface area (Å²) in [6.07, 6.45) is -4.76. The Labute approximate surface area is 63.2 Å². The van der Waals surface area contributed by atoms with Crippen LogP contribution in [0.1, 0.15) is 0 Å². The number of halogens is 1. The van der Waals surface area contributed by atoms with Crippen molar-refractivity contribution in [1.82, 2.24) is 0 Å². The predicted octanol–water partition coefficient (Wildman–Crippen LogP) is -1.56. The highest BCUT2D eigenvalue weighted by molar-refractivity contribution is 4.85. The zero-order valence-electron chi connectivity index (χ0n) is 5.85. The van der Waals surface area contributed by atoms with E-state index < -0.39 is 31.1 Å². The number of aliphatic hydroxyl groups is 3. The van der Waals surface area contributed by atoms with E-state index in [0.717, 1.165) is 0 Å². The zero-order chi connectivity index (χ0) is 8.43. The van der Waals surface area contributed by atoms with E-state index in [1.54, 1.807) is 0 Å². The van der Waals surface area contributed by atoms with Gasteiger partial charge in [0.25, 0.3) is 0 Å². The summed E-state index contributed by atoms with van der Waals surface area (Å²) in [5.41, 5.74) is 0. The van der Waals surface area contributed by atoms with Gasteiger partial charge in [-0.1, -0.05) is 0 Å².